The van der Waals surface area contributed by atoms with Gasteiger partial charge in [-0.3, -0.25) is 9.59 Å². The molecular weight excluding hydrogens is 272 g/mol. The molecule has 0 spiro atoms. The zero-order valence-corrected chi connectivity index (χ0v) is 11.6. The highest BCUT2D eigenvalue weighted by molar-refractivity contribution is 6.02. The van der Waals surface area contributed by atoms with E-state index in [0.717, 1.165) is 5.56 Å². The first-order valence-corrected chi connectivity index (χ1v) is 6.38. The molecule has 0 saturated carbocycles. The minimum atomic E-state index is -0.319. The minimum absolute atomic E-state index is 0.0227. The van der Waals surface area contributed by atoms with Crippen LogP contribution in [0.5, 0.6) is 0 Å². The number of hydrogen-bond acceptors (Lipinski definition) is 4. The molecule has 0 radical (unpaired) electrons. The van der Waals surface area contributed by atoms with Crippen LogP contribution in [0.1, 0.15) is 16.1 Å². The van der Waals surface area contributed by atoms with E-state index in [1.54, 1.807) is 30.3 Å². The Kier molecular flexibility index (Phi) is 5.11. The van der Waals surface area contributed by atoms with E-state index in [4.69, 9.17) is 9.15 Å². The minimum Gasteiger partial charge on any atom is -0.459 e. The van der Waals surface area contributed by atoms with Gasteiger partial charge in [0.05, 0.1) is 6.26 Å². The van der Waals surface area contributed by atoms with Gasteiger partial charge in [0.1, 0.15) is 6.61 Å². The third-order valence-corrected chi connectivity index (χ3v) is 2.69. The zero-order valence-electron chi connectivity index (χ0n) is 11.6. The monoisotopic (exact) mass is 288 g/mol. The molecule has 0 aliphatic heterocycles. The number of furan rings is 1. The lowest BCUT2D eigenvalue weighted by atomic mass is 10.2. The molecule has 6 nitrogen and oxygen atoms in total. The van der Waals surface area contributed by atoms with Gasteiger partial charge in [0.2, 0.25) is 5.91 Å². The number of benzene rings is 1. The highest BCUT2D eigenvalue weighted by Gasteiger charge is 2.09. The topological polar surface area (TPSA) is 80.6 Å². The summed E-state index contributed by atoms with van der Waals surface area (Å²) in [6, 6.07) is 10.4. The van der Waals surface area contributed by atoms with Crippen molar-refractivity contribution in [1.82, 2.24) is 5.32 Å². The third kappa shape index (κ3) is 4.47. The second-order valence-corrected chi connectivity index (χ2v) is 4.34. The van der Waals surface area contributed by atoms with Crippen LogP contribution in [0.3, 0.4) is 0 Å². The summed E-state index contributed by atoms with van der Waals surface area (Å²) in [7, 11) is 1.46. The second kappa shape index (κ2) is 7.25. The van der Waals surface area contributed by atoms with Crippen molar-refractivity contribution in [3.63, 3.8) is 0 Å². The van der Waals surface area contributed by atoms with E-state index < -0.39 is 0 Å². The lowest BCUT2D eigenvalue weighted by molar-refractivity contribution is -0.124. The number of methoxy groups -OCH3 is 1. The lowest BCUT2D eigenvalue weighted by Gasteiger charge is -2.07. The third-order valence-electron chi connectivity index (χ3n) is 2.69. The van der Waals surface area contributed by atoms with Crippen LogP contribution < -0.4 is 10.6 Å². The molecular formula is C15H16N2O4. The van der Waals surface area contributed by atoms with E-state index in [0.29, 0.717) is 12.2 Å². The first-order valence-electron chi connectivity index (χ1n) is 6.38. The van der Waals surface area contributed by atoms with Gasteiger partial charge in [-0.2, -0.15) is 0 Å². The number of ether oxygens (including phenoxy) is 1. The van der Waals surface area contributed by atoms with Crippen LogP contribution in [0, 0.1) is 0 Å². The Morgan fingerprint density at radius 1 is 1.24 bits per heavy atom. The Labute approximate surface area is 122 Å². The fourth-order valence-electron chi connectivity index (χ4n) is 1.74. The molecule has 0 saturated heterocycles. The van der Waals surface area contributed by atoms with E-state index in [2.05, 4.69) is 10.6 Å². The summed E-state index contributed by atoms with van der Waals surface area (Å²) in [5, 5.41) is 5.44. The average Bonchev–Trinajstić information content (AvgIpc) is 3.00. The summed E-state index contributed by atoms with van der Waals surface area (Å²) in [5.74, 6) is -0.267. The first-order chi connectivity index (χ1) is 10.2. The normalized spacial score (nSPS) is 10.1. The zero-order chi connectivity index (χ0) is 15.1. The molecule has 1 heterocycles. The Balaban J connectivity index is 1.94. The molecule has 1 aromatic carbocycles. The largest absolute Gasteiger partial charge is 0.459 e. The molecule has 0 aliphatic carbocycles. The van der Waals surface area contributed by atoms with Crippen LogP contribution in [0.4, 0.5) is 5.69 Å². The molecule has 2 aromatic rings. The van der Waals surface area contributed by atoms with Crippen molar-refractivity contribution in [2.24, 2.45) is 0 Å². The molecule has 0 aliphatic rings. The van der Waals surface area contributed by atoms with Crippen LogP contribution in [-0.4, -0.2) is 25.5 Å². The average molecular weight is 288 g/mol. The highest BCUT2D eigenvalue weighted by Crippen LogP contribution is 2.12. The number of carbonyl (C=O) groups is 2. The van der Waals surface area contributed by atoms with Gasteiger partial charge in [0.15, 0.2) is 5.76 Å². The molecule has 21 heavy (non-hydrogen) atoms. The predicted octanol–water partition coefficient (Wildman–Crippen LogP) is 1.79. The van der Waals surface area contributed by atoms with Gasteiger partial charge < -0.3 is 19.8 Å². The Bertz CT molecular complexity index is 608. The fraction of sp³-hybridized carbons (Fsp3) is 0.200. The van der Waals surface area contributed by atoms with Crippen molar-refractivity contribution in [2.75, 3.05) is 19.0 Å². The van der Waals surface area contributed by atoms with Crippen LogP contribution >= 0.6 is 0 Å². The number of hydrogen-bond donors (Lipinski definition) is 2. The van der Waals surface area contributed by atoms with E-state index >= 15 is 0 Å². The van der Waals surface area contributed by atoms with Crippen LogP contribution in [0.15, 0.2) is 47.1 Å². The first kappa shape index (κ1) is 14.8. The van der Waals surface area contributed by atoms with E-state index in [-0.39, 0.29) is 24.2 Å². The number of rotatable bonds is 6. The molecule has 6 heteroatoms. The lowest BCUT2D eigenvalue weighted by Crippen LogP contribution is -2.26. The van der Waals surface area contributed by atoms with Gasteiger partial charge in [-0.05, 0) is 29.8 Å². The molecule has 2 rings (SSSR count). The van der Waals surface area contributed by atoms with Crippen molar-refractivity contribution in [3.8, 4) is 0 Å². The molecule has 2 N–H and O–H groups in total. The summed E-state index contributed by atoms with van der Waals surface area (Å²) in [6.45, 7) is 0.390. The summed E-state index contributed by atoms with van der Waals surface area (Å²) < 4.78 is 9.75. The number of nitrogens with one attached hydrogen (secondary N) is 2. The van der Waals surface area contributed by atoms with Crippen molar-refractivity contribution < 1.29 is 18.7 Å². The molecule has 2 amide bonds. The van der Waals surface area contributed by atoms with Crippen LogP contribution in [0.25, 0.3) is 0 Å². The molecule has 0 fully saturated rings. The Morgan fingerprint density at radius 3 is 2.81 bits per heavy atom. The summed E-state index contributed by atoms with van der Waals surface area (Å²) in [6.07, 6.45) is 1.44. The van der Waals surface area contributed by atoms with E-state index in [1.807, 2.05) is 6.07 Å². The fourth-order valence-corrected chi connectivity index (χ4v) is 1.74. The van der Waals surface area contributed by atoms with Crippen LogP contribution in [-0.2, 0) is 16.1 Å². The Hall–Kier alpha value is -2.60. The van der Waals surface area contributed by atoms with E-state index in [9.17, 15) is 9.59 Å². The molecule has 1 aromatic heterocycles. The standard InChI is InChI=1S/C15H16N2O4/c1-20-10-14(18)16-9-11-4-2-5-12(8-11)17-15(19)13-6-3-7-21-13/h2-8H,9-10H2,1H3,(H,16,18)(H,17,19). The smallest absolute Gasteiger partial charge is 0.291 e. The number of anilines is 1. The van der Waals surface area contributed by atoms with Crippen molar-refractivity contribution in [3.05, 3.63) is 54.0 Å². The van der Waals surface area contributed by atoms with Gasteiger partial charge in [-0.25, -0.2) is 0 Å². The SMILES string of the molecule is COCC(=O)NCc1cccc(NC(=O)c2ccco2)c1. The number of amides is 2. The predicted molar refractivity (Wildman–Crippen MR) is 76.8 cm³/mol. The number of carbonyl (C=O) groups excluding carboxylic acids is 2. The second-order valence-electron chi connectivity index (χ2n) is 4.34. The molecule has 0 atom stereocenters. The molecule has 110 valence electrons. The van der Waals surface area contributed by atoms with E-state index in [1.165, 1.54) is 13.4 Å². The quantitative estimate of drug-likeness (QED) is 0.849. The van der Waals surface area contributed by atoms with Gasteiger partial charge in [0.25, 0.3) is 5.91 Å². The molecule has 0 bridgehead atoms. The van der Waals surface area contributed by atoms with Gasteiger partial charge in [0, 0.05) is 19.3 Å². The molecule has 0 unspecified atom stereocenters. The maximum Gasteiger partial charge on any atom is 0.291 e. The maximum absolute atomic E-state index is 11.8. The summed E-state index contributed by atoms with van der Waals surface area (Å²) in [4.78, 5) is 23.2. The summed E-state index contributed by atoms with van der Waals surface area (Å²) >= 11 is 0. The highest BCUT2D eigenvalue weighted by atomic mass is 16.5. The maximum atomic E-state index is 11.8. The Morgan fingerprint density at radius 2 is 2.10 bits per heavy atom. The van der Waals surface area contributed by atoms with Crippen molar-refractivity contribution in [1.29, 1.82) is 0 Å². The van der Waals surface area contributed by atoms with Gasteiger partial charge in [-0.15, -0.1) is 0 Å². The van der Waals surface area contributed by atoms with Gasteiger partial charge >= 0.3 is 0 Å². The van der Waals surface area contributed by atoms with Crippen molar-refractivity contribution in [2.45, 2.75) is 6.54 Å². The summed E-state index contributed by atoms with van der Waals surface area (Å²) in [5.41, 5.74) is 1.51. The van der Waals surface area contributed by atoms with Crippen molar-refractivity contribution >= 4 is 17.5 Å². The van der Waals surface area contributed by atoms with Gasteiger partial charge in [-0.1, -0.05) is 12.1 Å². The van der Waals surface area contributed by atoms with Crippen LogP contribution in [0.2, 0.25) is 0 Å².